The van der Waals surface area contributed by atoms with Crippen LogP contribution < -0.4 is 10.2 Å². The summed E-state index contributed by atoms with van der Waals surface area (Å²) in [6.07, 6.45) is 4.68. The molecule has 1 saturated heterocycles. The second kappa shape index (κ2) is 8.10. The molecule has 0 unspecified atom stereocenters. The van der Waals surface area contributed by atoms with E-state index in [1.54, 1.807) is 30.6 Å². The van der Waals surface area contributed by atoms with E-state index >= 15 is 0 Å². The number of pyridine rings is 1. The predicted molar refractivity (Wildman–Crippen MR) is 115 cm³/mol. The summed E-state index contributed by atoms with van der Waals surface area (Å²) in [6, 6.07) is 8.83. The van der Waals surface area contributed by atoms with Crippen LogP contribution in [-0.4, -0.2) is 38.7 Å². The number of nitro benzene ring substituents is 1. The van der Waals surface area contributed by atoms with Crippen LogP contribution in [0.4, 0.5) is 17.1 Å². The van der Waals surface area contributed by atoms with Gasteiger partial charge < -0.3 is 10.2 Å². The highest BCUT2D eigenvalue weighted by molar-refractivity contribution is 5.94. The molecule has 0 spiro atoms. The van der Waals surface area contributed by atoms with Crippen LogP contribution in [0.15, 0.2) is 42.7 Å². The second-order valence-electron chi connectivity index (χ2n) is 7.82. The zero-order valence-corrected chi connectivity index (χ0v) is 17.0. The van der Waals surface area contributed by atoms with Crippen LogP contribution in [0.25, 0.3) is 11.0 Å². The largest absolute Gasteiger partial charge is 0.366 e. The van der Waals surface area contributed by atoms with Crippen LogP contribution in [0.2, 0.25) is 0 Å². The molecule has 1 fully saturated rings. The van der Waals surface area contributed by atoms with Crippen LogP contribution in [0.5, 0.6) is 0 Å². The van der Waals surface area contributed by atoms with E-state index in [1.807, 2.05) is 29.5 Å². The number of carbonyl (C=O) groups is 1. The van der Waals surface area contributed by atoms with E-state index in [1.165, 1.54) is 6.07 Å². The van der Waals surface area contributed by atoms with E-state index in [9.17, 15) is 14.9 Å². The molecule has 0 atom stereocenters. The number of para-hydroxylation sites is 2. The molecular weight excluding hydrogens is 384 g/mol. The lowest BCUT2D eigenvalue weighted by Gasteiger charge is -2.32. The van der Waals surface area contributed by atoms with Gasteiger partial charge in [0.25, 0.3) is 5.69 Å². The van der Waals surface area contributed by atoms with Crippen LogP contribution in [-0.2, 0) is 4.79 Å². The maximum absolute atomic E-state index is 12.7. The fraction of sp³-hybridized carbons (Fsp3) is 0.381. The normalized spacial score (nSPS) is 15.0. The molecule has 3 aromatic rings. The summed E-state index contributed by atoms with van der Waals surface area (Å²) in [6.45, 7) is 5.28. The van der Waals surface area contributed by atoms with Gasteiger partial charge in [-0.2, -0.15) is 5.10 Å². The van der Waals surface area contributed by atoms with Gasteiger partial charge in [-0.05, 0) is 38.8 Å². The monoisotopic (exact) mass is 408 g/mol. The van der Waals surface area contributed by atoms with Gasteiger partial charge in [-0.1, -0.05) is 12.1 Å². The van der Waals surface area contributed by atoms with Crippen molar-refractivity contribution in [2.45, 2.75) is 32.7 Å². The molecule has 3 heterocycles. The van der Waals surface area contributed by atoms with Gasteiger partial charge in [0.05, 0.1) is 23.0 Å². The lowest BCUT2D eigenvalue weighted by molar-refractivity contribution is -0.384. The Labute approximate surface area is 173 Å². The Kier molecular flexibility index (Phi) is 5.35. The van der Waals surface area contributed by atoms with Gasteiger partial charge in [0.1, 0.15) is 5.69 Å². The Morgan fingerprint density at radius 3 is 2.67 bits per heavy atom. The molecule has 9 nitrogen and oxygen atoms in total. The molecule has 2 aromatic heterocycles. The predicted octanol–water partition coefficient (Wildman–Crippen LogP) is 3.78. The molecule has 0 saturated carbocycles. The molecule has 1 amide bonds. The van der Waals surface area contributed by atoms with Crippen LogP contribution in [0.3, 0.4) is 0 Å². The molecular formula is C21H24N6O3. The standard InChI is InChI=1S/C21H24N6O3/c1-14(2)26-20-16(12-23-26)11-17(13-22-20)24-21(28)15-7-9-25(10-8-15)18-5-3-4-6-19(18)27(29)30/h3-6,11-15H,7-10H2,1-2H3,(H,24,28). The van der Waals surface area contributed by atoms with Gasteiger partial charge in [-0.3, -0.25) is 14.9 Å². The number of carbonyl (C=O) groups excluding carboxylic acids is 1. The number of benzene rings is 1. The fourth-order valence-corrected chi connectivity index (χ4v) is 3.90. The molecule has 1 aliphatic heterocycles. The van der Waals surface area contributed by atoms with Gasteiger partial charge in [-0.25, -0.2) is 9.67 Å². The van der Waals surface area contributed by atoms with Crippen molar-refractivity contribution in [2.24, 2.45) is 5.92 Å². The van der Waals surface area contributed by atoms with Crippen LogP contribution in [0, 0.1) is 16.0 Å². The van der Waals surface area contributed by atoms with E-state index in [0.717, 1.165) is 11.0 Å². The maximum Gasteiger partial charge on any atom is 0.292 e. The van der Waals surface area contributed by atoms with E-state index in [-0.39, 0.29) is 28.5 Å². The summed E-state index contributed by atoms with van der Waals surface area (Å²) in [4.78, 5) is 30.1. The zero-order valence-electron chi connectivity index (χ0n) is 17.0. The summed E-state index contributed by atoms with van der Waals surface area (Å²) >= 11 is 0. The molecule has 1 aromatic carbocycles. The van der Waals surface area contributed by atoms with Gasteiger partial charge in [0.2, 0.25) is 5.91 Å². The summed E-state index contributed by atoms with van der Waals surface area (Å²) in [5.41, 5.74) is 2.15. The van der Waals surface area contributed by atoms with E-state index in [2.05, 4.69) is 15.4 Å². The average Bonchev–Trinajstić information content (AvgIpc) is 3.17. The number of amides is 1. The smallest absolute Gasteiger partial charge is 0.292 e. The lowest BCUT2D eigenvalue weighted by Crippen LogP contribution is -2.38. The quantitative estimate of drug-likeness (QED) is 0.509. The van der Waals surface area contributed by atoms with Crippen molar-refractivity contribution in [3.63, 3.8) is 0 Å². The van der Waals surface area contributed by atoms with Crippen molar-refractivity contribution in [1.29, 1.82) is 0 Å². The highest BCUT2D eigenvalue weighted by Crippen LogP contribution is 2.31. The molecule has 156 valence electrons. The molecule has 0 aliphatic carbocycles. The SMILES string of the molecule is CC(C)n1ncc2cc(NC(=O)C3CCN(c4ccccc4[N+](=O)[O-])CC3)cnc21. The minimum atomic E-state index is -0.362. The Hall–Kier alpha value is -3.49. The van der Waals surface area contributed by atoms with Gasteiger partial charge >= 0.3 is 0 Å². The topological polar surface area (TPSA) is 106 Å². The van der Waals surface area contributed by atoms with E-state index < -0.39 is 0 Å². The average molecular weight is 408 g/mol. The fourth-order valence-electron chi connectivity index (χ4n) is 3.90. The summed E-state index contributed by atoms with van der Waals surface area (Å²) in [7, 11) is 0. The summed E-state index contributed by atoms with van der Waals surface area (Å²) < 4.78 is 1.85. The maximum atomic E-state index is 12.7. The Balaban J connectivity index is 1.40. The van der Waals surface area contributed by atoms with Gasteiger partial charge in [0.15, 0.2) is 5.65 Å². The highest BCUT2D eigenvalue weighted by atomic mass is 16.6. The number of nitrogens with zero attached hydrogens (tertiary/aromatic N) is 5. The summed E-state index contributed by atoms with van der Waals surface area (Å²) in [5, 5.41) is 19.5. The molecule has 0 radical (unpaired) electrons. The molecule has 30 heavy (non-hydrogen) atoms. The molecule has 1 N–H and O–H groups in total. The van der Waals surface area contributed by atoms with E-state index in [0.29, 0.717) is 37.3 Å². The van der Waals surface area contributed by atoms with Gasteiger partial charge in [0, 0.05) is 36.5 Å². The second-order valence-corrected chi connectivity index (χ2v) is 7.82. The first-order valence-electron chi connectivity index (χ1n) is 10.1. The highest BCUT2D eigenvalue weighted by Gasteiger charge is 2.28. The number of nitrogens with one attached hydrogen (secondary N) is 1. The zero-order chi connectivity index (χ0) is 21.3. The van der Waals surface area contributed by atoms with Crippen molar-refractivity contribution in [3.8, 4) is 0 Å². The third-order valence-corrected chi connectivity index (χ3v) is 5.47. The summed E-state index contributed by atoms with van der Waals surface area (Å²) in [5.74, 6) is -0.187. The van der Waals surface area contributed by atoms with E-state index in [4.69, 9.17) is 0 Å². The third-order valence-electron chi connectivity index (χ3n) is 5.47. The number of hydrogen-bond acceptors (Lipinski definition) is 6. The van der Waals surface area contributed by atoms with Crippen molar-refractivity contribution in [3.05, 3.63) is 52.8 Å². The Morgan fingerprint density at radius 2 is 1.97 bits per heavy atom. The first-order chi connectivity index (χ1) is 14.4. The van der Waals surface area contributed by atoms with Gasteiger partial charge in [-0.15, -0.1) is 0 Å². The Bertz CT molecular complexity index is 1090. The molecule has 1 aliphatic rings. The first kappa shape index (κ1) is 19.8. The number of fused-ring (bicyclic) bond motifs is 1. The van der Waals surface area contributed by atoms with Crippen molar-refractivity contribution < 1.29 is 9.72 Å². The molecule has 9 heteroatoms. The molecule has 0 bridgehead atoms. The lowest BCUT2D eigenvalue weighted by atomic mass is 9.95. The number of piperidine rings is 1. The number of anilines is 2. The minimum absolute atomic E-state index is 0.0467. The third kappa shape index (κ3) is 3.83. The van der Waals surface area contributed by atoms with Crippen LogP contribution >= 0.6 is 0 Å². The number of hydrogen-bond donors (Lipinski definition) is 1. The number of aromatic nitrogens is 3. The van der Waals surface area contributed by atoms with Crippen molar-refractivity contribution in [1.82, 2.24) is 14.8 Å². The Morgan fingerprint density at radius 1 is 1.23 bits per heavy atom. The molecule has 4 rings (SSSR count). The number of rotatable bonds is 5. The van der Waals surface area contributed by atoms with Crippen molar-refractivity contribution in [2.75, 3.05) is 23.3 Å². The first-order valence-corrected chi connectivity index (χ1v) is 10.1. The number of nitro groups is 1. The van der Waals surface area contributed by atoms with Crippen molar-refractivity contribution >= 4 is 34.0 Å². The minimum Gasteiger partial charge on any atom is -0.366 e. The van der Waals surface area contributed by atoms with Crippen LogP contribution in [0.1, 0.15) is 32.7 Å².